The van der Waals surface area contributed by atoms with E-state index < -0.39 is 24.2 Å². The molecule has 0 amide bonds. The highest BCUT2D eigenvalue weighted by Gasteiger charge is 2.17. The molecule has 0 radical (unpaired) electrons. The third-order valence-electron chi connectivity index (χ3n) is 3.60. The lowest BCUT2D eigenvalue weighted by atomic mass is 10.1. The van der Waals surface area contributed by atoms with Crippen LogP contribution in [0.2, 0.25) is 0 Å². The fourth-order valence-corrected chi connectivity index (χ4v) is 2.36. The molecule has 0 spiro atoms. The van der Waals surface area contributed by atoms with E-state index in [-0.39, 0.29) is 17.0 Å². The first-order valence-corrected chi connectivity index (χ1v) is 7.48. The number of ether oxygens (including phenoxy) is 2. The van der Waals surface area contributed by atoms with Gasteiger partial charge in [0.15, 0.2) is 6.61 Å². The number of benzene rings is 2. The number of carbonyl (C=O) groups excluding carboxylic acids is 2. The van der Waals surface area contributed by atoms with Crippen molar-refractivity contribution < 1.29 is 23.5 Å². The molecule has 0 bridgehead atoms. The lowest BCUT2D eigenvalue weighted by Crippen LogP contribution is -2.16. The number of hydrogen-bond acceptors (Lipinski definition) is 5. The Labute approximate surface area is 143 Å². The molecule has 0 aliphatic rings. The molecule has 0 aliphatic carbocycles. The number of rotatable bonds is 5. The van der Waals surface area contributed by atoms with E-state index in [2.05, 4.69) is 4.98 Å². The summed E-state index contributed by atoms with van der Waals surface area (Å²) in [6.45, 7) is -0.535. The summed E-state index contributed by atoms with van der Waals surface area (Å²) >= 11 is 0. The first kappa shape index (κ1) is 16.6. The number of esters is 1. The fourth-order valence-electron chi connectivity index (χ4n) is 2.36. The summed E-state index contributed by atoms with van der Waals surface area (Å²) in [6.07, 6.45) is 0. The van der Waals surface area contributed by atoms with Crippen LogP contribution < -0.4 is 4.74 Å². The number of Topliss-reactive ketones (excluding diaryl/α,β-unsaturated/α-hetero) is 1. The second kappa shape index (κ2) is 7.09. The van der Waals surface area contributed by atoms with Gasteiger partial charge in [0.05, 0.1) is 18.2 Å². The topological polar surface area (TPSA) is 65.5 Å². The van der Waals surface area contributed by atoms with Crippen LogP contribution in [-0.2, 0) is 4.74 Å². The van der Waals surface area contributed by atoms with E-state index in [0.717, 1.165) is 11.5 Å². The van der Waals surface area contributed by atoms with Gasteiger partial charge in [0, 0.05) is 5.39 Å². The van der Waals surface area contributed by atoms with E-state index >= 15 is 0 Å². The smallest absolute Gasteiger partial charge is 0.357 e. The van der Waals surface area contributed by atoms with Crippen molar-refractivity contribution in [3.05, 3.63) is 71.7 Å². The normalized spacial score (nSPS) is 10.5. The van der Waals surface area contributed by atoms with Crippen LogP contribution >= 0.6 is 0 Å². The van der Waals surface area contributed by atoms with Crippen molar-refractivity contribution in [3.63, 3.8) is 0 Å². The number of halogens is 1. The van der Waals surface area contributed by atoms with Crippen molar-refractivity contribution in [2.45, 2.75) is 0 Å². The van der Waals surface area contributed by atoms with Gasteiger partial charge in [-0.25, -0.2) is 14.2 Å². The molecular formula is C19H14FNO4. The van der Waals surface area contributed by atoms with Crippen LogP contribution in [0.5, 0.6) is 5.75 Å². The molecule has 6 heteroatoms. The molecule has 0 saturated heterocycles. The number of hydrogen-bond donors (Lipinski definition) is 0. The average molecular weight is 339 g/mol. The maximum Gasteiger partial charge on any atom is 0.357 e. The fraction of sp³-hybridized carbons (Fsp3) is 0.105. The molecule has 5 nitrogen and oxygen atoms in total. The van der Waals surface area contributed by atoms with Crippen LogP contribution in [0.3, 0.4) is 0 Å². The number of methoxy groups -OCH3 is 1. The average Bonchev–Trinajstić information content (AvgIpc) is 2.65. The number of para-hydroxylation sites is 1. The Hall–Kier alpha value is -3.28. The van der Waals surface area contributed by atoms with Crippen molar-refractivity contribution in [1.29, 1.82) is 0 Å². The molecule has 0 fully saturated rings. The van der Waals surface area contributed by atoms with Crippen LogP contribution in [0, 0.1) is 5.82 Å². The molecule has 0 aliphatic heterocycles. The maximum absolute atomic E-state index is 13.3. The molecule has 0 unspecified atom stereocenters. The summed E-state index contributed by atoms with van der Waals surface area (Å²) in [6, 6.07) is 14.2. The van der Waals surface area contributed by atoms with Gasteiger partial charge in [0.25, 0.3) is 0 Å². The van der Waals surface area contributed by atoms with E-state index in [9.17, 15) is 14.0 Å². The zero-order valence-electron chi connectivity index (χ0n) is 13.4. The molecule has 0 saturated carbocycles. The monoisotopic (exact) mass is 339 g/mol. The van der Waals surface area contributed by atoms with Crippen molar-refractivity contribution >= 4 is 22.7 Å². The third-order valence-corrected chi connectivity index (χ3v) is 3.60. The van der Waals surface area contributed by atoms with Gasteiger partial charge in [-0.2, -0.15) is 0 Å². The second-order valence-electron chi connectivity index (χ2n) is 5.23. The SMILES string of the molecule is COc1ccc(F)cc1C(=O)COC(=O)c1ccc2ccccc2n1. The Bertz CT molecular complexity index is 955. The summed E-state index contributed by atoms with van der Waals surface area (Å²) in [5.74, 6) is -1.65. The number of carbonyl (C=O) groups is 2. The lowest BCUT2D eigenvalue weighted by Gasteiger charge is -2.08. The van der Waals surface area contributed by atoms with Gasteiger partial charge in [-0.05, 0) is 30.3 Å². The predicted octanol–water partition coefficient (Wildman–Crippen LogP) is 3.42. The van der Waals surface area contributed by atoms with Gasteiger partial charge in [0.2, 0.25) is 5.78 Å². The Morgan fingerprint density at radius 2 is 1.88 bits per heavy atom. The summed E-state index contributed by atoms with van der Waals surface area (Å²) in [4.78, 5) is 28.5. The van der Waals surface area contributed by atoms with Crippen molar-refractivity contribution in [2.24, 2.45) is 0 Å². The zero-order chi connectivity index (χ0) is 17.8. The second-order valence-corrected chi connectivity index (χ2v) is 5.23. The van der Waals surface area contributed by atoms with Crippen molar-refractivity contribution in [3.8, 4) is 5.75 Å². The highest BCUT2D eigenvalue weighted by molar-refractivity contribution is 6.01. The van der Waals surface area contributed by atoms with Gasteiger partial charge in [-0.3, -0.25) is 4.79 Å². The van der Waals surface area contributed by atoms with Crippen LogP contribution in [0.25, 0.3) is 10.9 Å². The minimum absolute atomic E-state index is 0.0155. The summed E-state index contributed by atoms with van der Waals surface area (Å²) in [5, 5.41) is 0.889. The molecule has 1 heterocycles. The third kappa shape index (κ3) is 3.63. The Morgan fingerprint density at radius 3 is 2.68 bits per heavy atom. The van der Waals surface area contributed by atoms with E-state index in [0.29, 0.717) is 5.52 Å². The molecule has 3 aromatic rings. The molecular weight excluding hydrogens is 325 g/mol. The molecule has 0 N–H and O–H groups in total. The van der Waals surface area contributed by atoms with Gasteiger partial charge < -0.3 is 9.47 Å². The Kier molecular flexibility index (Phi) is 4.70. The number of nitrogens with zero attached hydrogens (tertiary/aromatic N) is 1. The highest BCUT2D eigenvalue weighted by Crippen LogP contribution is 2.20. The minimum Gasteiger partial charge on any atom is -0.496 e. The molecule has 2 aromatic carbocycles. The number of pyridine rings is 1. The molecule has 3 rings (SSSR count). The summed E-state index contributed by atoms with van der Waals surface area (Å²) < 4.78 is 23.4. The van der Waals surface area contributed by atoms with E-state index in [1.807, 2.05) is 18.2 Å². The Balaban J connectivity index is 1.73. The lowest BCUT2D eigenvalue weighted by molar-refractivity contribution is 0.0468. The predicted molar refractivity (Wildman–Crippen MR) is 89.3 cm³/mol. The van der Waals surface area contributed by atoms with Gasteiger partial charge >= 0.3 is 5.97 Å². The molecule has 1 aromatic heterocycles. The summed E-state index contributed by atoms with van der Waals surface area (Å²) in [7, 11) is 1.37. The first-order valence-electron chi connectivity index (χ1n) is 7.48. The maximum atomic E-state index is 13.3. The van der Waals surface area contributed by atoms with E-state index in [1.54, 1.807) is 12.1 Å². The van der Waals surface area contributed by atoms with Crippen LogP contribution in [0.4, 0.5) is 4.39 Å². The quantitative estimate of drug-likeness (QED) is 0.526. The van der Waals surface area contributed by atoms with Crippen molar-refractivity contribution in [2.75, 3.05) is 13.7 Å². The molecule has 25 heavy (non-hydrogen) atoms. The van der Waals surface area contributed by atoms with Crippen LogP contribution in [0.15, 0.2) is 54.6 Å². The molecule has 0 atom stereocenters. The van der Waals surface area contributed by atoms with Gasteiger partial charge in [0.1, 0.15) is 17.3 Å². The minimum atomic E-state index is -0.727. The largest absolute Gasteiger partial charge is 0.496 e. The Morgan fingerprint density at radius 1 is 1.08 bits per heavy atom. The first-order chi connectivity index (χ1) is 12.1. The standard InChI is InChI=1S/C19H14FNO4/c1-24-18-9-7-13(20)10-14(18)17(22)11-25-19(23)16-8-6-12-4-2-3-5-15(12)21-16/h2-10H,11H2,1H3. The molecule has 126 valence electrons. The van der Waals surface area contributed by atoms with E-state index in [4.69, 9.17) is 9.47 Å². The van der Waals surface area contributed by atoms with Gasteiger partial charge in [-0.1, -0.05) is 24.3 Å². The number of aromatic nitrogens is 1. The number of fused-ring (bicyclic) bond motifs is 1. The van der Waals surface area contributed by atoms with Crippen molar-refractivity contribution in [1.82, 2.24) is 4.98 Å². The van der Waals surface area contributed by atoms with Crippen LogP contribution in [-0.4, -0.2) is 30.5 Å². The number of ketones is 1. The zero-order valence-corrected chi connectivity index (χ0v) is 13.4. The van der Waals surface area contributed by atoms with Crippen LogP contribution in [0.1, 0.15) is 20.8 Å². The van der Waals surface area contributed by atoms with E-state index in [1.165, 1.54) is 25.3 Å². The van der Waals surface area contributed by atoms with Gasteiger partial charge in [-0.15, -0.1) is 0 Å². The summed E-state index contributed by atoms with van der Waals surface area (Å²) in [5.41, 5.74) is 0.759. The highest BCUT2D eigenvalue weighted by atomic mass is 19.1.